The van der Waals surface area contributed by atoms with E-state index in [1.165, 1.54) is 6.07 Å². The molecule has 176 valence electrons. The highest BCUT2D eigenvalue weighted by molar-refractivity contribution is 14.1. The molecular formula is C26H25FIN3O3. The first-order valence-corrected chi connectivity index (χ1v) is 12.2. The molecule has 34 heavy (non-hydrogen) atoms. The summed E-state index contributed by atoms with van der Waals surface area (Å²) in [4.78, 5) is 14.8. The standard InChI is InChI=1S/C26H25FIN3O3/c1-3-33-22-12-16(11-19(28)25(22)34-14-15-7-4-5-8-18(15)27)23-17(13-29)26(30)31(2)20-9-6-10-21(32)24(20)23/h4-5,7-8,11-12,23H,3,6,9-10,14,30H2,1-2H3/t23-/m1/s1. The van der Waals surface area contributed by atoms with Crippen LogP contribution in [0.3, 0.4) is 0 Å². The molecule has 6 nitrogen and oxygen atoms in total. The summed E-state index contributed by atoms with van der Waals surface area (Å²) in [6.07, 6.45) is 1.93. The summed E-state index contributed by atoms with van der Waals surface area (Å²) < 4.78 is 26.7. The Balaban J connectivity index is 1.79. The zero-order valence-corrected chi connectivity index (χ0v) is 21.2. The van der Waals surface area contributed by atoms with Crippen molar-refractivity contribution in [1.29, 1.82) is 5.26 Å². The van der Waals surface area contributed by atoms with E-state index >= 15 is 0 Å². The number of rotatable bonds is 6. The third-order valence-electron chi connectivity index (χ3n) is 6.16. The van der Waals surface area contributed by atoms with Gasteiger partial charge in [0.05, 0.1) is 27.7 Å². The van der Waals surface area contributed by atoms with Crippen molar-refractivity contribution in [3.8, 4) is 17.6 Å². The van der Waals surface area contributed by atoms with E-state index in [0.717, 1.165) is 27.7 Å². The van der Waals surface area contributed by atoms with Crippen molar-refractivity contribution in [2.75, 3.05) is 13.7 Å². The monoisotopic (exact) mass is 573 g/mol. The molecule has 4 rings (SSSR count). The lowest BCUT2D eigenvalue weighted by atomic mass is 9.76. The number of carbonyl (C=O) groups excluding carboxylic acids is 1. The molecule has 2 aromatic rings. The lowest BCUT2D eigenvalue weighted by Crippen LogP contribution is -2.36. The van der Waals surface area contributed by atoms with Gasteiger partial charge in [-0.1, -0.05) is 18.2 Å². The molecule has 1 aliphatic carbocycles. The number of ketones is 1. The summed E-state index contributed by atoms with van der Waals surface area (Å²) in [5, 5.41) is 9.98. The van der Waals surface area contributed by atoms with Crippen molar-refractivity contribution in [2.45, 2.75) is 38.7 Å². The van der Waals surface area contributed by atoms with E-state index in [0.29, 0.717) is 47.1 Å². The molecule has 0 saturated carbocycles. The summed E-state index contributed by atoms with van der Waals surface area (Å²) in [5.41, 5.74) is 9.35. The van der Waals surface area contributed by atoms with E-state index in [1.807, 2.05) is 13.0 Å². The SMILES string of the molecule is CCOc1cc([C@@H]2C(C#N)=C(N)N(C)C3=C2C(=O)CCC3)cc(I)c1OCc1ccccc1F. The van der Waals surface area contributed by atoms with Crippen LogP contribution >= 0.6 is 22.6 Å². The van der Waals surface area contributed by atoms with Gasteiger partial charge in [0.1, 0.15) is 18.2 Å². The molecule has 0 aromatic heterocycles. The Bertz CT molecular complexity index is 1250. The molecular weight excluding hydrogens is 548 g/mol. The largest absolute Gasteiger partial charge is 0.490 e. The van der Waals surface area contributed by atoms with Gasteiger partial charge in [0, 0.05) is 30.3 Å². The maximum atomic E-state index is 14.1. The fraction of sp³-hybridized carbons (Fsp3) is 0.308. The average Bonchev–Trinajstić information content (AvgIpc) is 2.82. The number of halogens is 2. The number of allylic oxidation sites excluding steroid dienone is 3. The summed E-state index contributed by atoms with van der Waals surface area (Å²) in [6.45, 7) is 2.29. The third kappa shape index (κ3) is 4.37. The van der Waals surface area contributed by atoms with Gasteiger partial charge in [0.2, 0.25) is 0 Å². The van der Waals surface area contributed by atoms with Crippen molar-refractivity contribution >= 4 is 28.4 Å². The Labute approximate surface area is 212 Å². The second-order valence-electron chi connectivity index (χ2n) is 8.18. The van der Waals surface area contributed by atoms with Crippen LogP contribution in [0.1, 0.15) is 43.2 Å². The van der Waals surface area contributed by atoms with Crippen LogP contribution in [0.2, 0.25) is 0 Å². The Morgan fingerprint density at radius 1 is 1.26 bits per heavy atom. The molecule has 0 saturated heterocycles. The van der Waals surface area contributed by atoms with E-state index in [-0.39, 0.29) is 18.2 Å². The van der Waals surface area contributed by atoms with Gasteiger partial charge in [-0.25, -0.2) is 4.39 Å². The summed E-state index contributed by atoms with van der Waals surface area (Å²) in [6, 6.07) is 12.4. The number of carbonyl (C=O) groups is 1. The molecule has 2 aliphatic rings. The highest BCUT2D eigenvalue weighted by Crippen LogP contribution is 2.46. The van der Waals surface area contributed by atoms with E-state index in [2.05, 4.69) is 28.7 Å². The van der Waals surface area contributed by atoms with Crippen LogP contribution in [-0.4, -0.2) is 24.3 Å². The zero-order valence-electron chi connectivity index (χ0n) is 19.0. The minimum atomic E-state index is -0.572. The zero-order chi connectivity index (χ0) is 24.4. The Hall–Kier alpha value is -3.06. The Morgan fingerprint density at radius 2 is 2.03 bits per heavy atom. The smallest absolute Gasteiger partial charge is 0.174 e. The summed E-state index contributed by atoms with van der Waals surface area (Å²) in [5.74, 6) is 0.438. The molecule has 2 N–H and O–H groups in total. The maximum Gasteiger partial charge on any atom is 0.174 e. The van der Waals surface area contributed by atoms with Gasteiger partial charge in [-0.3, -0.25) is 4.79 Å². The average molecular weight is 573 g/mol. The van der Waals surface area contributed by atoms with Crippen molar-refractivity contribution < 1.29 is 18.7 Å². The van der Waals surface area contributed by atoms with E-state index < -0.39 is 5.92 Å². The maximum absolute atomic E-state index is 14.1. The van der Waals surface area contributed by atoms with Crippen molar-refractivity contribution in [2.24, 2.45) is 5.73 Å². The molecule has 1 heterocycles. The second kappa shape index (κ2) is 10.1. The molecule has 0 amide bonds. The van der Waals surface area contributed by atoms with Gasteiger partial charge in [0.25, 0.3) is 0 Å². The molecule has 1 aliphatic heterocycles. The first-order chi connectivity index (χ1) is 16.4. The van der Waals surface area contributed by atoms with Crippen LogP contribution in [0.5, 0.6) is 11.5 Å². The van der Waals surface area contributed by atoms with Gasteiger partial charge in [0.15, 0.2) is 17.3 Å². The third-order valence-corrected chi connectivity index (χ3v) is 6.96. The quantitative estimate of drug-likeness (QED) is 0.482. The topological polar surface area (TPSA) is 88.6 Å². The van der Waals surface area contributed by atoms with Crippen LogP contribution < -0.4 is 15.2 Å². The fourth-order valence-electron chi connectivity index (χ4n) is 4.52. The van der Waals surface area contributed by atoms with Gasteiger partial charge in [-0.2, -0.15) is 5.26 Å². The van der Waals surface area contributed by atoms with Crippen molar-refractivity contribution in [3.63, 3.8) is 0 Å². The number of ether oxygens (including phenoxy) is 2. The molecule has 2 aromatic carbocycles. The molecule has 0 fully saturated rings. The number of nitrogens with two attached hydrogens (primary N) is 1. The normalized spacial score (nSPS) is 18.0. The molecule has 0 bridgehead atoms. The molecule has 0 unspecified atom stereocenters. The minimum Gasteiger partial charge on any atom is -0.490 e. The second-order valence-corrected chi connectivity index (χ2v) is 9.35. The highest BCUT2D eigenvalue weighted by atomic mass is 127. The number of nitriles is 1. The van der Waals surface area contributed by atoms with Crippen LogP contribution in [0.25, 0.3) is 0 Å². The minimum absolute atomic E-state index is 0.0335. The first kappa shape index (κ1) is 24.1. The fourth-order valence-corrected chi connectivity index (χ4v) is 5.30. The Morgan fingerprint density at radius 3 is 2.74 bits per heavy atom. The van der Waals surface area contributed by atoms with Crippen LogP contribution in [-0.2, 0) is 11.4 Å². The van der Waals surface area contributed by atoms with Gasteiger partial charge in [-0.15, -0.1) is 0 Å². The number of hydrogen-bond donors (Lipinski definition) is 1. The van der Waals surface area contributed by atoms with Crippen molar-refractivity contribution in [3.05, 3.63) is 79.6 Å². The van der Waals surface area contributed by atoms with Gasteiger partial charge in [-0.05, 0) is 66.1 Å². The van der Waals surface area contributed by atoms with Crippen LogP contribution in [0, 0.1) is 20.7 Å². The summed E-state index contributed by atoms with van der Waals surface area (Å²) in [7, 11) is 1.80. The molecule has 0 radical (unpaired) electrons. The highest BCUT2D eigenvalue weighted by Gasteiger charge is 2.39. The van der Waals surface area contributed by atoms with E-state index in [1.54, 1.807) is 36.2 Å². The molecule has 8 heteroatoms. The number of nitrogens with zero attached hydrogens (tertiary/aromatic N) is 2. The molecule has 1 atom stereocenters. The van der Waals surface area contributed by atoms with Gasteiger partial charge >= 0.3 is 0 Å². The van der Waals surface area contributed by atoms with E-state index in [4.69, 9.17) is 15.2 Å². The predicted octanol–water partition coefficient (Wildman–Crippen LogP) is 5.14. The first-order valence-electron chi connectivity index (χ1n) is 11.1. The Kier molecular flexibility index (Phi) is 7.12. The number of Topliss-reactive ketones (excluding diaryl/α,β-unsaturated/α-hetero) is 1. The van der Waals surface area contributed by atoms with E-state index in [9.17, 15) is 14.4 Å². The summed E-state index contributed by atoms with van der Waals surface area (Å²) >= 11 is 2.14. The van der Waals surface area contributed by atoms with Crippen LogP contribution in [0.15, 0.2) is 59.1 Å². The lowest BCUT2D eigenvalue weighted by molar-refractivity contribution is -0.116. The van der Waals surface area contributed by atoms with Crippen molar-refractivity contribution in [1.82, 2.24) is 4.90 Å². The number of benzene rings is 2. The van der Waals surface area contributed by atoms with Gasteiger partial charge < -0.3 is 20.1 Å². The predicted molar refractivity (Wildman–Crippen MR) is 134 cm³/mol. The molecule has 0 spiro atoms. The van der Waals surface area contributed by atoms with Crippen LogP contribution in [0.4, 0.5) is 4.39 Å². The lowest BCUT2D eigenvalue weighted by Gasteiger charge is -2.37. The number of hydrogen-bond acceptors (Lipinski definition) is 6.